The molecule has 0 fully saturated rings. The van der Waals surface area contributed by atoms with Gasteiger partial charge in [0.25, 0.3) is 0 Å². The van der Waals surface area contributed by atoms with Crippen molar-refractivity contribution in [3.8, 4) is 0 Å². The van der Waals surface area contributed by atoms with Gasteiger partial charge in [0.2, 0.25) is 0 Å². The molecule has 1 unspecified atom stereocenters. The maximum absolute atomic E-state index is 13.5. The molecule has 2 nitrogen and oxygen atoms in total. The smallest absolute Gasteiger partial charge is 0.126 e. The van der Waals surface area contributed by atoms with Crippen molar-refractivity contribution < 1.29 is 8.81 Å². The van der Waals surface area contributed by atoms with Crippen LogP contribution in [-0.4, -0.2) is 6.54 Å². The molecule has 0 saturated carbocycles. The molecular formula is C16H18FNO. The quantitative estimate of drug-likeness (QED) is 0.907. The first-order valence-electron chi connectivity index (χ1n) is 6.87. The van der Waals surface area contributed by atoms with Crippen LogP contribution in [0.4, 0.5) is 4.39 Å². The Hall–Kier alpha value is -1.61. The van der Waals surface area contributed by atoms with E-state index in [0.29, 0.717) is 6.04 Å². The van der Waals surface area contributed by atoms with E-state index < -0.39 is 0 Å². The van der Waals surface area contributed by atoms with Crippen LogP contribution in [0.2, 0.25) is 0 Å². The second-order valence-corrected chi connectivity index (χ2v) is 5.04. The van der Waals surface area contributed by atoms with E-state index in [1.165, 1.54) is 11.6 Å². The zero-order valence-corrected chi connectivity index (χ0v) is 10.9. The van der Waals surface area contributed by atoms with Crippen molar-refractivity contribution in [3.05, 3.63) is 59.3 Å². The molecule has 1 aromatic carbocycles. The lowest BCUT2D eigenvalue weighted by molar-refractivity contribution is 0.412. The molecule has 1 aliphatic rings. The van der Waals surface area contributed by atoms with Crippen molar-refractivity contribution in [2.24, 2.45) is 0 Å². The second-order valence-electron chi connectivity index (χ2n) is 5.04. The summed E-state index contributed by atoms with van der Waals surface area (Å²) in [5.74, 6) is 0.992. The van der Waals surface area contributed by atoms with Gasteiger partial charge in [-0.15, -0.1) is 0 Å². The number of hydrogen-bond acceptors (Lipinski definition) is 2. The van der Waals surface area contributed by atoms with E-state index in [0.717, 1.165) is 43.6 Å². The number of fused-ring (bicyclic) bond motifs is 1. The highest BCUT2D eigenvalue weighted by molar-refractivity contribution is 5.24. The molecule has 0 aliphatic heterocycles. The van der Waals surface area contributed by atoms with Crippen LogP contribution in [0.15, 0.2) is 41.0 Å². The first kappa shape index (κ1) is 12.4. The highest BCUT2D eigenvalue weighted by Crippen LogP contribution is 2.30. The summed E-state index contributed by atoms with van der Waals surface area (Å²) in [6.45, 7) is 0.788. The molecule has 1 atom stereocenters. The van der Waals surface area contributed by atoms with Gasteiger partial charge in [-0.1, -0.05) is 18.2 Å². The summed E-state index contributed by atoms with van der Waals surface area (Å²) in [5, 5.41) is 3.51. The number of halogens is 1. The molecule has 0 radical (unpaired) electrons. The molecule has 1 heterocycles. The third kappa shape index (κ3) is 2.71. The largest absolute Gasteiger partial charge is 0.469 e. The molecule has 0 spiro atoms. The third-order valence-electron chi connectivity index (χ3n) is 3.79. The lowest BCUT2D eigenvalue weighted by Gasteiger charge is -2.22. The highest BCUT2D eigenvalue weighted by atomic mass is 19.1. The molecular weight excluding hydrogens is 241 g/mol. The number of benzene rings is 1. The zero-order chi connectivity index (χ0) is 13.1. The van der Waals surface area contributed by atoms with Crippen LogP contribution < -0.4 is 5.32 Å². The van der Waals surface area contributed by atoms with Gasteiger partial charge in [0, 0.05) is 18.0 Å². The number of rotatable bonds is 4. The Kier molecular flexibility index (Phi) is 3.65. The summed E-state index contributed by atoms with van der Waals surface area (Å²) >= 11 is 0. The van der Waals surface area contributed by atoms with Gasteiger partial charge in [0.15, 0.2) is 0 Å². The first-order chi connectivity index (χ1) is 9.34. The van der Waals surface area contributed by atoms with Crippen molar-refractivity contribution in [2.45, 2.75) is 31.7 Å². The monoisotopic (exact) mass is 259 g/mol. The molecule has 1 aromatic heterocycles. The molecule has 2 aromatic rings. The molecule has 1 aliphatic carbocycles. The van der Waals surface area contributed by atoms with Gasteiger partial charge >= 0.3 is 0 Å². The Balaban J connectivity index is 1.58. The number of furan rings is 1. The molecule has 3 heteroatoms. The number of hydrogen-bond donors (Lipinski definition) is 1. The van der Waals surface area contributed by atoms with Crippen LogP contribution in [0.25, 0.3) is 0 Å². The Bertz CT molecular complexity index is 549. The van der Waals surface area contributed by atoms with E-state index in [2.05, 4.69) is 11.4 Å². The van der Waals surface area contributed by atoms with Gasteiger partial charge in [0.1, 0.15) is 11.6 Å². The van der Waals surface area contributed by atoms with Crippen molar-refractivity contribution in [1.82, 2.24) is 5.32 Å². The van der Waals surface area contributed by atoms with Gasteiger partial charge in [0.05, 0.1) is 6.26 Å². The van der Waals surface area contributed by atoms with Crippen molar-refractivity contribution in [3.63, 3.8) is 0 Å². The standard InChI is InChI=1S/C16H18FNO/c17-14-5-2-1-4-12(14)8-10-18-15-6-3-7-16-13(15)9-11-19-16/h1-2,4-5,9,11,15,18H,3,6-8,10H2. The van der Waals surface area contributed by atoms with Crippen LogP contribution in [0.3, 0.4) is 0 Å². The second kappa shape index (κ2) is 5.57. The molecule has 19 heavy (non-hydrogen) atoms. The van der Waals surface area contributed by atoms with E-state index in [9.17, 15) is 4.39 Å². The lowest BCUT2D eigenvalue weighted by atomic mass is 9.93. The van der Waals surface area contributed by atoms with Crippen LogP contribution in [0.1, 0.15) is 35.8 Å². The maximum atomic E-state index is 13.5. The minimum atomic E-state index is -0.114. The number of nitrogens with one attached hydrogen (secondary N) is 1. The van der Waals surface area contributed by atoms with E-state index >= 15 is 0 Å². The molecule has 0 amide bonds. The fourth-order valence-corrected chi connectivity index (χ4v) is 2.78. The minimum Gasteiger partial charge on any atom is -0.469 e. The molecule has 100 valence electrons. The lowest BCUT2D eigenvalue weighted by Crippen LogP contribution is -2.26. The summed E-state index contributed by atoms with van der Waals surface area (Å²) in [7, 11) is 0. The Morgan fingerprint density at radius 2 is 2.16 bits per heavy atom. The van der Waals surface area contributed by atoms with E-state index in [4.69, 9.17) is 4.42 Å². The maximum Gasteiger partial charge on any atom is 0.126 e. The fourth-order valence-electron chi connectivity index (χ4n) is 2.78. The highest BCUT2D eigenvalue weighted by Gasteiger charge is 2.21. The van der Waals surface area contributed by atoms with Crippen molar-refractivity contribution >= 4 is 0 Å². The normalized spacial score (nSPS) is 18.3. The average Bonchev–Trinajstić information content (AvgIpc) is 2.90. The predicted octanol–water partition coefficient (Wildman–Crippen LogP) is 3.63. The van der Waals surface area contributed by atoms with Gasteiger partial charge in [-0.2, -0.15) is 0 Å². The van der Waals surface area contributed by atoms with E-state index in [1.807, 2.05) is 12.1 Å². The summed E-state index contributed by atoms with van der Waals surface area (Å²) < 4.78 is 19.0. The molecule has 1 N–H and O–H groups in total. The van der Waals surface area contributed by atoms with Crippen LogP contribution >= 0.6 is 0 Å². The Labute approximate surface area is 112 Å². The predicted molar refractivity (Wildman–Crippen MR) is 72.5 cm³/mol. The fraction of sp³-hybridized carbons (Fsp3) is 0.375. The van der Waals surface area contributed by atoms with Gasteiger partial charge in [-0.3, -0.25) is 0 Å². The summed E-state index contributed by atoms with van der Waals surface area (Å²) in [6, 6.07) is 9.38. The SMILES string of the molecule is Fc1ccccc1CCNC1CCCc2occc21. The van der Waals surface area contributed by atoms with Crippen molar-refractivity contribution in [2.75, 3.05) is 6.54 Å². The van der Waals surface area contributed by atoms with E-state index in [-0.39, 0.29) is 5.82 Å². The minimum absolute atomic E-state index is 0.114. The summed E-state index contributed by atoms with van der Waals surface area (Å²) in [5.41, 5.74) is 2.05. The average molecular weight is 259 g/mol. The first-order valence-corrected chi connectivity index (χ1v) is 6.87. The Morgan fingerprint density at radius 1 is 1.26 bits per heavy atom. The summed E-state index contributed by atoms with van der Waals surface area (Å²) in [4.78, 5) is 0. The zero-order valence-electron chi connectivity index (χ0n) is 10.9. The van der Waals surface area contributed by atoms with Crippen LogP contribution in [0, 0.1) is 5.82 Å². The van der Waals surface area contributed by atoms with Gasteiger partial charge in [-0.05, 0) is 43.5 Å². The van der Waals surface area contributed by atoms with Gasteiger partial charge in [-0.25, -0.2) is 4.39 Å². The molecule has 0 saturated heterocycles. The van der Waals surface area contributed by atoms with Gasteiger partial charge < -0.3 is 9.73 Å². The van der Waals surface area contributed by atoms with Crippen molar-refractivity contribution in [1.29, 1.82) is 0 Å². The van der Waals surface area contributed by atoms with Crippen LogP contribution in [0.5, 0.6) is 0 Å². The van der Waals surface area contributed by atoms with E-state index in [1.54, 1.807) is 12.3 Å². The Morgan fingerprint density at radius 3 is 3.05 bits per heavy atom. The topological polar surface area (TPSA) is 25.2 Å². The number of aryl methyl sites for hydroxylation is 1. The molecule has 3 rings (SSSR count). The van der Waals surface area contributed by atoms with Crippen LogP contribution in [-0.2, 0) is 12.8 Å². The summed E-state index contributed by atoms with van der Waals surface area (Å²) in [6.07, 6.45) is 5.80. The third-order valence-corrected chi connectivity index (χ3v) is 3.79. The molecule has 0 bridgehead atoms.